The van der Waals surface area contributed by atoms with Gasteiger partial charge in [-0.05, 0) is 42.3 Å². The Morgan fingerprint density at radius 2 is 1.57 bits per heavy atom. The lowest BCUT2D eigenvalue weighted by Gasteiger charge is -2.24. The molecule has 4 aromatic rings. The van der Waals surface area contributed by atoms with Crippen molar-refractivity contribution in [1.29, 1.82) is 0 Å². The average Bonchev–Trinajstić information content (AvgIpc) is 3.28. The minimum absolute atomic E-state index is 0.0831. The van der Waals surface area contributed by atoms with Crippen molar-refractivity contribution in [2.45, 2.75) is 13.8 Å². The van der Waals surface area contributed by atoms with E-state index in [4.69, 9.17) is 16.7 Å². The molecule has 1 aromatic heterocycles. The Hall–Kier alpha value is -3.90. The molecule has 4 rings (SSSR count). The van der Waals surface area contributed by atoms with Gasteiger partial charge in [0.15, 0.2) is 0 Å². The lowest BCUT2D eigenvalue weighted by Crippen LogP contribution is -2.40. The molecule has 178 valence electrons. The number of amides is 2. The van der Waals surface area contributed by atoms with Crippen LogP contribution in [0.2, 0.25) is 5.02 Å². The molecule has 6 nitrogen and oxygen atoms in total. The third-order valence-corrected chi connectivity index (χ3v) is 5.60. The molecule has 3 aromatic carbocycles. The second-order valence-corrected chi connectivity index (χ2v) is 9.10. The van der Waals surface area contributed by atoms with Crippen LogP contribution in [0.1, 0.15) is 24.2 Å². The van der Waals surface area contributed by atoms with Gasteiger partial charge in [0.05, 0.1) is 11.4 Å². The largest absolute Gasteiger partial charge is 0.329 e. The summed E-state index contributed by atoms with van der Waals surface area (Å²) in [5.74, 6) is 0.207. The van der Waals surface area contributed by atoms with Gasteiger partial charge in [-0.2, -0.15) is 5.10 Å². The molecule has 0 aliphatic rings. The second-order valence-electron chi connectivity index (χ2n) is 8.66. The van der Waals surface area contributed by atoms with Gasteiger partial charge in [0, 0.05) is 28.8 Å². The number of carbonyl (C=O) groups excluding carboxylic acids is 2. The van der Waals surface area contributed by atoms with Crippen molar-refractivity contribution in [3.05, 3.63) is 102 Å². The summed E-state index contributed by atoms with van der Waals surface area (Å²) in [6.07, 6.45) is 0. The van der Waals surface area contributed by atoms with Gasteiger partial charge in [0.1, 0.15) is 12.4 Å². The number of benzene rings is 3. The summed E-state index contributed by atoms with van der Waals surface area (Å²) in [5.41, 5.74) is 2.99. The minimum Gasteiger partial charge on any atom is -0.329 e. The third-order valence-electron chi connectivity index (χ3n) is 5.35. The molecule has 0 aliphatic heterocycles. The first-order valence-corrected chi connectivity index (χ1v) is 11.8. The van der Waals surface area contributed by atoms with Crippen LogP contribution >= 0.6 is 11.6 Å². The van der Waals surface area contributed by atoms with E-state index in [0.29, 0.717) is 22.9 Å². The molecule has 0 atom stereocenters. The number of anilines is 1. The zero-order valence-electron chi connectivity index (χ0n) is 19.7. The number of rotatable bonds is 8. The van der Waals surface area contributed by atoms with Crippen LogP contribution in [0.5, 0.6) is 0 Å². The molecular weight excluding hydrogens is 460 g/mol. The number of para-hydroxylation sites is 1. The summed E-state index contributed by atoms with van der Waals surface area (Å²) in [4.78, 5) is 27.9. The highest BCUT2D eigenvalue weighted by Gasteiger charge is 2.21. The fraction of sp³-hybridized carbons (Fsp3) is 0.179. The van der Waals surface area contributed by atoms with Gasteiger partial charge in [0.2, 0.25) is 5.91 Å². The number of hydrogen-bond donors (Lipinski definition) is 1. The zero-order chi connectivity index (χ0) is 24.8. The van der Waals surface area contributed by atoms with Gasteiger partial charge in [-0.15, -0.1) is 0 Å². The number of halogens is 1. The van der Waals surface area contributed by atoms with E-state index in [-0.39, 0.29) is 24.3 Å². The van der Waals surface area contributed by atoms with Crippen LogP contribution in [0.15, 0.2) is 91.0 Å². The molecule has 2 amide bonds. The molecular formula is C28H27ClN4O2. The van der Waals surface area contributed by atoms with Gasteiger partial charge in [-0.1, -0.05) is 74.0 Å². The van der Waals surface area contributed by atoms with Crippen molar-refractivity contribution in [1.82, 2.24) is 14.7 Å². The van der Waals surface area contributed by atoms with E-state index in [1.165, 1.54) is 0 Å². The van der Waals surface area contributed by atoms with E-state index < -0.39 is 0 Å². The van der Waals surface area contributed by atoms with E-state index >= 15 is 0 Å². The number of aromatic nitrogens is 2. The first-order chi connectivity index (χ1) is 16.9. The molecule has 0 unspecified atom stereocenters. The van der Waals surface area contributed by atoms with Crippen LogP contribution in [0.3, 0.4) is 0 Å². The molecule has 0 aliphatic carbocycles. The molecule has 0 bridgehead atoms. The summed E-state index contributed by atoms with van der Waals surface area (Å²) < 4.78 is 1.70. The number of nitrogens with zero attached hydrogens (tertiary/aromatic N) is 3. The predicted molar refractivity (Wildman–Crippen MR) is 140 cm³/mol. The fourth-order valence-electron chi connectivity index (χ4n) is 3.78. The van der Waals surface area contributed by atoms with Gasteiger partial charge in [-0.25, -0.2) is 4.68 Å². The Labute approximate surface area is 210 Å². The van der Waals surface area contributed by atoms with Gasteiger partial charge < -0.3 is 10.2 Å². The van der Waals surface area contributed by atoms with Crippen molar-refractivity contribution in [3.8, 4) is 16.9 Å². The normalized spacial score (nSPS) is 10.9. The maximum Gasteiger partial charge on any atom is 0.254 e. The number of hydrogen-bond acceptors (Lipinski definition) is 3. The molecule has 0 fully saturated rings. The zero-order valence-corrected chi connectivity index (χ0v) is 20.4. The lowest BCUT2D eigenvalue weighted by molar-refractivity contribution is -0.117. The van der Waals surface area contributed by atoms with Crippen LogP contribution < -0.4 is 5.32 Å². The van der Waals surface area contributed by atoms with Crippen molar-refractivity contribution in [2.24, 2.45) is 5.92 Å². The molecule has 1 heterocycles. The Balaban J connectivity index is 1.59. The molecule has 7 heteroatoms. The topological polar surface area (TPSA) is 67.2 Å². The van der Waals surface area contributed by atoms with Crippen molar-refractivity contribution in [3.63, 3.8) is 0 Å². The van der Waals surface area contributed by atoms with Gasteiger partial charge >= 0.3 is 0 Å². The van der Waals surface area contributed by atoms with Gasteiger partial charge in [-0.3, -0.25) is 9.59 Å². The SMILES string of the molecule is CC(C)CN(CC(=O)Nc1cc(-c2ccccc2)nn1-c1ccccc1)C(=O)c1ccc(Cl)cc1. The average molecular weight is 487 g/mol. The minimum atomic E-state index is -0.301. The molecule has 0 radical (unpaired) electrons. The summed E-state index contributed by atoms with van der Waals surface area (Å²) in [6, 6.07) is 27.9. The molecule has 0 saturated heterocycles. The van der Waals surface area contributed by atoms with E-state index in [9.17, 15) is 9.59 Å². The van der Waals surface area contributed by atoms with E-state index in [2.05, 4.69) is 5.32 Å². The number of nitrogens with one attached hydrogen (secondary N) is 1. The molecule has 0 saturated carbocycles. The van der Waals surface area contributed by atoms with Crippen LogP contribution in [0.25, 0.3) is 16.9 Å². The van der Waals surface area contributed by atoms with E-state index in [1.54, 1.807) is 33.8 Å². The highest BCUT2D eigenvalue weighted by molar-refractivity contribution is 6.30. The predicted octanol–water partition coefficient (Wildman–Crippen LogP) is 5.93. The maximum atomic E-state index is 13.2. The maximum absolute atomic E-state index is 13.2. The van der Waals surface area contributed by atoms with Crippen molar-refractivity contribution in [2.75, 3.05) is 18.4 Å². The molecule has 0 spiro atoms. The summed E-state index contributed by atoms with van der Waals surface area (Å²) in [6.45, 7) is 4.38. The summed E-state index contributed by atoms with van der Waals surface area (Å²) >= 11 is 5.97. The Bertz CT molecular complexity index is 1290. The Kier molecular flexibility index (Phi) is 7.63. The van der Waals surface area contributed by atoms with Crippen LogP contribution in [-0.4, -0.2) is 39.6 Å². The summed E-state index contributed by atoms with van der Waals surface area (Å²) in [7, 11) is 0. The first kappa shape index (κ1) is 24.2. The molecule has 35 heavy (non-hydrogen) atoms. The standard InChI is InChI=1S/C28H27ClN4O2/c1-20(2)18-32(28(35)22-13-15-23(29)16-14-22)19-27(34)30-26-17-25(21-9-5-3-6-10-21)31-33(26)24-11-7-4-8-12-24/h3-17,20H,18-19H2,1-2H3,(H,30,34). The Morgan fingerprint density at radius 1 is 0.943 bits per heavy atom. The summed E-state index contributed by atoms with van der Waals surface area (Å²) in [5, 5.41) is 8.25. The van der Waals surface area contributed by atoms with E-state index in [0.717, 1.165) is 16.9 Å². The highest BCUT2D eigenvalue weighted by Crippen LogP contribution is 2.25. The first-order valence-electron chi connectivity index (χ1n) is 11.5. The number of carbonyl (C=O) groups is 2. The fourth-order valence-corrected chi connectivity index (χ4v) is 3.90. The lowest BCUT2D eigenvalue weighted by atomic mass is 10.1. The highest BCUT2D eigenvalue weighted by atomic mass is 35.5. The second kappa shape index (κ2) is 11.0. The monoisotopic (exact) mass is 486 g/mol. The van der Waals surface area contributed by atoms with Crippen LogP contribution in [-0.2, 0) is 4.79 Å². The quantitative estimate of drug-likeness (QED) is 0.335. The van der Waals surface area contributed by atoms with Gasteiger partial charge in [0.25, 0.3) is 5.91 Å². The Morgan fingerprint density at radius 3 is 2.20 bits per heavy atom. The molecule has 1 N–H and O–H groups in total. The third kappa shape index (κ3) is 6.16. The van der Waals surface area contributed by atoms with Crippen LogP contribution in [0.4, 0.5) is 5.82 Å². The van der Waals surface area contributed by atoms with E-state index in [1.807, 2.05) is 80.6 Å². The van der Waals surface area contributed by atoms with Crippen molar-refractivity contribution < 1.29 is 9.59 Å². The smallest absolute Gasteiger partial charge is 0.254 e. The van der Waals surface area contributed by atoms with Crippen molar-refractivity contribution >= 4 is 29.2 Å². The van der Waals surface area contributed by atoms with Crippen LogP contribution in [0, 0.1) is 5.92 Å².